The average molecular weight is 717 g/mol. The van der Waals surface area contributed by atoms with Gasteiger partial charge in [-0.2, -0.15) is 4.31 Å². The fraction of sp³-hybridized carbons (Fsp3) is 0.424. The molecule has 0 unspecified atom stereocenters. The van der Waals surface area contributed by atoms with E-state index in [9.17, 15) is 39.7 Å². The van der Waals surface area contributed by atoms with Crippen LogP contribution in [0.25, 0.3) is 0 Å². The highest BCUT2D eigenvalue weighted by atomic mass is 32.2. The van der Waals surface area contributed by atoms with Crippen molar-refractivity contribution >= 4 is 29.2 Å². The largest absolute Gasteiger partial charge is 0.335 e. The van der Waals surface area contributed by atoms with E-state index in [1.807, 2.05) is 24.3 Å². The summed E-state index contributed by atoms with van der Waals surface area (Å²) in [6.45, 7) is 2.65. The van der Waals surface area contributed by atoms with Crippen molar-refractivity contribution in [3.05, 3.63) is 94.3 Å². The molecule has 0 bridgehead atoms. The third-order valence-electron chi connectivity index (χ3n) is 8.17. The van der Waals surface area contributed by atoms with Crippen molar-refractivity contribution in [1.82, 2.24) is 4.31 Å². The molecule has 15 heteroatoms. The predicted octanol–water partition coefficient (Wildman–Crippen LogP) is 8.05. The van der Waals surface area contributed by atoms with Crippen molar-refractivity contribution in [2.75, 3.05) is 31.7 Å². The Labute approximate surface area is 277 Å². The Balaban J connectivity index is 1.64. The first-order valence-corrected chi connectivity index (χ1v) is 18.7. The number of carbonyl (C=O) groups is 1. The van der Waals surface area contributed by atoms with Crippen LogP contribution in [0.15, 0.2) is 53.4 Å². The molecule has 0 saturated heterocycles. The van der Waals surface area contributed by atoms with Crippen LogP contribution in [0.5, 0.6) is 0 Å². The fourth-order valence-corrected chi connectivity index (χ4v) is 8.62. The number of hydrogen-bond acceptors (Lipinski definition) is 6. The van der Waals surface area contributed by atoms with E-state index < -0.39 is 64.1 Å². The van der Waals surface area contributed by atoms with Crippen LogP contribution in [0.1, 0.15) is 68.6 Å². The molecule has 1 aliphatic rings. The number of rotatable bonds is 14. The van der Waals surface area contributed by atoms with Gasteiger partial charge in [0.2, 0.25) is 21.7 Å². The van der Waals surface area contributed by atoms with Gasteiger partial charge in [0, 0.05) is 12.7 Å². The number of amides is 1. The highest BCUT2D eigenvalue weighted by Crippen LogP contribution is 2.51. The molecule has 4 rings (SSSR count). The molecule has 0 N–H and O–H groups in total. The standard InChI is InChI=1S/C33H38F5N2O6PS/c1-4-45-47(42,46-5-2)21-23-13-17-26(18-14-23)40(19-22-11-15-25(16-12-22)24-9-7-6-8-10-24)27(41)20-39(3)48(43,44)33-31(37)29(35)28(34)30(36)32(33)38/h11-18,24H,4-10,19-21H2,1-3H3. The van der Waals surface area contributed by atoms with Gasteiger partial charge in [-0.1, -0.05) is 55.7 Å². The third-order valence-corrected chi connectivity index (χ3v) is 12.0. The number of hydrogen-bond donors (Lipinski definition) is 0. The molecule has 1 fully saturated rings. The summed E-state index contributed by atoms with van der Waals surface area (Å²) in [4.78, 5) is 12.9. The van der Waals surface area contributed by atoms with Crippen molar-refractivity contribution < 1.29 is 48.8 Å². The molecule has 0 aliphatic heterocycles. The molecule has 1 saturated carbocycles. The summed E-state index contributed by atoms with van der Waals surface area (Å²) in [5, 5.41) is 0. The Morgan fingerprint density at radius 1 is 0.792 bits per heavy atom. The Morgan fingerprint density at radius 3 is 1.81 bits per heavy atom. The van der Waals surface area contributed by atoms with Crippen LogP contribution in [-0.4, -0.2) is 45.4 Å². The molecule has 1 aliphatic carbocycles. The minimum Gasteiger partial charge on any atom is -0.309 e. The zero-order valence-corrected chi connectivity index (χ0v) is 28.6. The lowest BCUT2D eigenvalue weighted by Crippen LogP contribution is -2.41. The molecule has 3 aromatic rings. The molecule has 0 heterocycles. The van der Waals surface area contributed by atoms with Crippen molar-refractivity contribution in [3.8, 4) is 0 Å². The molecular weight excluding hydrogens is 678 g/mol. The van der Waals surface area contributed by atoms with E-state index in [2.05, 4.69) is 0 Å². The topological polar surface area (TPSA) is 93.2 Å². The van der Waals surface area contributed by atoms with Gasteiger partial charge in [-0.3, -0.25) is 9.36 Å². The Hall–Kier alpha value is -3.16. The molecule has 0 radical (unpaired) electrons. The molecule has 8 nitrogen and oxygen atoms in total. The summed E-state index contributed by atoms with van der Waals surface area (Å²) in [6.07, 6.45) is 5.62. The van der Waals surface area contributed by atoms with Crippen molar-refractivity contribution in [2.24, 2.45) is 0 Å². The molecule has 48 heavy (non-hydrogen) atoms. The first-order valence-electron chi connectivity index (χ1n) is 15.6. The van der Waals surface area contributed by atoms with Crippen molar-refractivity contribution in [3.63, 3.8) is 0 Å². The van der Waals surface area contributed by atoms with E-state index in [-0.39, 0.29) is 30.2 Å². The predicted molar refractivity (Wildman–Crippen MR) is 171 cm³/mol. The SMILES string of the molecule is CCOP(=O)(Cc1ccc(N(Cc2ccc(C3CCCCC3)cc2)C(=O)CN(C)S(=O)(=O)c2c(F)c(F)c(F)c(F)c2F)cc1)OCC. The second kappa shape index (κ2) is 16.0. The van der Waals surface area contributed by atoms with E-state index in [1.165, 1.54) is 16.9 Å². The normalized spacial score (nSPS) is 14.4. The summed E-state index contributed by atoms with van der Waals surface area (Å²) in [5.74, 6) is -12.9. The quantitative estimate of drug-likeness (QED) is 0.0726. The van der Waals surface area contributed by atoms with Crippen molar-refractivity contribution in [2.45, 2.75) is 69.5 Å². The lowest BCUT2D eigenvalue weighted by molar-refractivity contribution is -0.118. The lowest BCUT2D eigenvalue weighted by atomic mass is 9.84. The van der Waals surface area contributed by atoms with Gasteiger partial charge in [0.05, 0.1) is 32.5 Å². The molecule has 0 atom stereocenters. The minimum atomic E-state index is -5.37. The van der Waals surface area contributed by atoms with Gasteiger partial charge in [0.1, 0.15) is 0 Å². The summed E-state index contributed by atoms with van der Waals surface area (Å²) in [5.41, 5.74) is 2.72. The molecule has 1 amide bonds. The molecule has 0 aromatic heterocycles. The molecule has 3 aromatic carbocycles. The number of sulfonamides is 1. The monoisotopic (exact) mass is 716 g/mol. The maximum Gasteiger partial charge on any atom is 0.335 e. The van der Waals surface area contributed by atoms with Gasteiger partial charge in [-0.15, -0.1) is 0 Å². The number of nitrogens with zero attached hydrogens (tertiary/aromatic N) is 2. The number of carbonyl (C=O) groups excluding carboxylic acids is 1. The minimum absolute atomic E-state index is 0.0457. The van der Waals surface area contributed by atoms with E-state index >= 15 is 0 Å². The van der Waals surface area contributed by atoms with Crippen LogP contribution in [0.3, 0.4) is 0 Å². The van der Waals surface area contributed by atoms with Gasteiger partial charge in [-0.05, 0) is 61.4 Å². The van der Waals surface area contributed by atoms with E-state index in [1.54, 1.807) is 38.1 Å². The zero-order chi connectivity index (χ0) is 35.2. The van der Waals surface area contributed by atoms with Gasteiger partial charge in [-0.25, -0.2) is 30.4 Å². The molecule has 262 valence electrons. The van der Waals surface area contributed by atoms with Gasteiger partial charge in [0.15, 0.2) is 28.2 Å². The highest BCUT2D eigenvalue weighted by molar-refractivity contribution is 7.89. The highest BCUT2D eigenvalue weighted by Gasteiger charge is 2.37. The second-order valence-corrected chi connectivity index (χ2v) is 15.5. The summed E-state index contributed by atoms with van der Waals surface area (Å²) >= 11 is 0. The summed E-state index contributed by atoms with van der Waals surface area (Å²) in [7, 11) is -8.02. The number of likely N-dealkylation sites (N-methyl/N-ethyl adjacent to an activating group) is 1. The Bertz CT molecular complexity index is 1710. The van der Waals surface area contributed by atoms with Gasteiger partial charge in [0.25, 0.3) is 0 Å². The average Bonchev–Trinajstić information content (AvgIpc) is 3.06. The van der Waals surface area contributed by atoms with Crippen LogP contribution in [0.2, 0.25) is 0 Å². The molecular formula is C33H38F5N2O6PS. The lowest BCUT2D eigenvalue weighted by Gasteiger charge is -2.27. The number of anilines is 1. The van der Waals surface area contributed by atoms with E-state index in [0.717, 1.165) is 32.7 Å². The van der Waals surface area contributed by atoms with Crippen molar-refractivity contribution in [1.29, 1.82) is 0 Å². The first-order chi connectivity index (χ1) is 22.7. The third kappa shape index (κ3) is 8.52. The summed E-state index contributed by atoms with van der Waals surface area (Å²) in [6, 6.07) is 14.0. The maximum absolute atomic E-state index is 14.5. The van der Waals surface area contributed by atoms with Crippen LogP contribution in [0.4, 0.5) is 27.6 Å². The molecule has 0 spiro atoms. The number of benzene rings is 3. The summed E-state index contributed by atoms with van der Waals surface area (Å²) < 4.78 is 120. The van der Waals surface area contributed by atoms with Crippen LogP contribution in [-0.2, 0) is 41.1 Å². The van der Waals surface area contributed by atoms with Gasteiger partial charge < -0.3 is 13.9 Å². The van der Waals surface area contributed by atoms with Crippen LogP contribution in [0, 0.1) is 29.1 Å². The van der Waals surface area contributed by atoms with E-state index in [0.29, 0.717) is 22.7 Å². The van der Waals surface area contributed by atoms with Crippen LogP contribution < -0.4 is 4.90 Å². The van der Waals surface area contributed by atoms with E-state index in [4.69, 9.17) is 9.05 Å². The maximum atomic E-state index is 14.5. The van der Waals surface area contributed by atoms with Crippen LogP contribution >= 0.6 is 7.60 Å². The Morgan fingerprint density at radius 2 is 1.29 bits per heavy atom. The van der Waals surface area contributed by atoms with Gasteiger partial charge >= 0.3 is 7.60 Å². The first kappa shape index (κ1) is 37.7. The smallest absolute Gasteiger partial charge is 0.309 e. The number of halogens is 5. The second-order valence-electron chi connectivity index (χ2n) is 11.5. The fourth-order valence-electron chi connectivity index (χ4n) is 5.69. The Kier molecular flexibility index (Phi) is 12.6. The zero-order valence-electron chi connectivity index (χ0n) is 26.9.